The van der Waals surface area contributed by atoms with Gasteiger partial charge < -0.3 is 72.6 Å². The maximum Gasteiger partial charge on any atom is 0.494 e. The van der Waals surface area contributed by atoms with Gasteiger partial charge in [-0.05, 0) is 232 Å². The fourth-order valence-electron chi connectivity index (χ4n) is 13.6. The molecule has 2 aromatic heterocycles. The summed E-state index contributed by atoms with van der Waals surface area (Å²) >= 11 is 9.56. The number of hydrogen-bond donors (Lipinski definition) is 3. The molecule has 3 N–H and O–H groups in total. The molecular formula is C73H106B3BrClN9O14S2. The van der Waals surface area contributed by atoms with Gasteiger partial charge in [0.1, 0.15) is 34.1 Å². The Morgan fingerprint density at radius 2 is 0.883 bits per heavy atom. The first kappa shape index (κ1) is 79.5. The summed E-state index contributed by atoms with van der Waals surface area (Å²) < 4.78 is 108. The predicted molar refractivity (Wildman–Crippen MR) is 409 cm³/mol. The van der Waals surface area contributed by atoms with Crippen LogP contribution in [0.5, 0.6) is 11.5 Å². The van der Waals surface area contributed by atoms with Crippen molar-refractivity contribution in [2.75, 3.05) is 81.6 Å². The van der Waals surface area contributed by atoms with E-state index in [-0.39, 0.29) is 70.2 Å². The normalized spacial score (nSPS) is 24.5. The molecule has 30 heteroatoms. The maximum absolute atomic E-state index is 12.8. The highest BCUT2D eigenvalue weighted by molar-refractivity contribution is 9.10. The molecule has 5 saturated heterocycles. The maximum atomic E-state index is 12.8. The molecule has 0 bridgehead atoms. The highest BCUT2D eigenvalue weighted by Crippen LogP contribution is 2.48. The Balaban J connectivity index is 0.000000134. The summed E-state index contributed by atoms with van der Waals surface area (Å²) in [4.78, 5) is 22.6. The van der Waals surface area contributed by atoms with Gasteiger partial charge in [-0.1, -0.05) is 52.3 Å². The summed E-state index contributed by atoms with van der Waals surface area (Å²) in [5.41, 5.74) is 9.07. The van der Waals surface area contributed by atoms with E-state index in [1.165, 1.54) is 50.4 Å². The Kier molecular flexibility index (Phi) is 23.0. The molecule has 0 spiro atoms. The number of hydrogen-bond acceptors (Lipinski definition) is 23. The minimum atomic E-state index is -3.47. The molecule has 0 amide bonds. The zero-order valence-electron chi connectivity index (χ0n) is 63.8. The summed E-state index contributed by atoms with van der Waals surface area (Å²) in [6, 6.07) is 19.6. The van der Waals surface area contributed by atoms with E-state index < -0.39 is 43.2 Å². The van der Waals surface area contributed by atoms with E-state index in [0.29, 0.717) is 80.0 Å². The second-order valence-corrected chi connectivity index (χ2v) is 39.1. The van der Waals surface area contributed by atoms with Crippen LogP contribution in [0.1, 0.15) is 169 Å². The third kappa shape index (κ3) is 16.4. The number of sulfone groups is 2. The molecule has 4 atom stereocenters. The van der Waals surface area contributed by atoms with Crippen molar-refractivity contribution in [3.05, 3.63) is 109 Å². The number of aromatic nitrogens is 4. The van der Waals surface area contributed by atoms with E-state index >= 15 is 0 Å². The fraction of sp³-hybridized carbons (Fsp3) is 0.644. The van der Waals surface area contributed by atoms with Gasteiger partial charge in [0.15, 0.2) is 48.6 Å². The van der Waals surface area contributed by atoms with Crippen LogP contribution < -0.4 is 40.7 Å². The van der Waals surface area contributed by atoms with Gasteiger partial charge in [-0.2, -0.15) is 4.98 Å². The highest BCUT2D eigenvalue weighted by Gasteiger charge is 2.64. The Hall–Kier alpha value is -4.56. The fourth-order valence-corrected chi connectivity index (χ4v) is 15.2. The topological polar surface area (TPSA) is 255 Å². The van der Waals surface area contributed by atoms with Gasteiger partial charge in [0.05, 0.1) is 84.2 Å². The number of nitrogens with zero attached hydrogens (tertiary/aromatic N) is 6. The van der Waals surface area contributed by atoms with Gasteiger partial charge in [-0.3, -0.25) is 0 Å². The quantitative estimate of drug-likeness (QED) is 0.101. The van der Waals surface area contributed by atoms with Crippen LogP contribution in [0.25, 0.3) is 11.4 Å². The summed E-state index contributed by atoms with van der Waals surface area (Å²) in [6.45, 7) is 44.3. The molecule has 23 nitrogen and oxygen atoms in total. The van der Waals surface area contributed by atoms with E-state index in [9.17, 15) is 16.8 Å². The van der Waals surface area contributed by atoms with Crippen LogP contribution in [-0.4, -0.2) is 187 Å². The van der Waals surface area contributed by atoms with Crippen LogP contribution in [0.15, 0.2) is 59.1 Å². The van der Waals surface area contributed by atoms with Gasteiger partial charge in [-0.15, -0.1) is 0 Å². The van der Waals surface area contributed by atoms with Gasteiger partial charge in [0.2, 0.25) is 5.28 Å². The number of ether oxygens (including phenoxy) is 4. The Morgan fingerprint density at radius 3 is 1.33 bits per heavy atom. The lowest BCUT2D eigenvalue weighted by Gasteiger charge is -2.45. The lowest BCUT2D eigenvalue weighted by atomic mass is 9.49. The average molecular weight is 1550 g/mol. The second kappa shape index (κ2) is 29.8. The molecule has 562 valence electrons. The first-order valence-electron chi connectivity index (χ1n) is 36.0. The summed E-state index contributed by atoms with van der Waals surface area (Å²) in [5, 5.41) is 10.1. The van der Waals surface area contributed by atoms with Crippen LogP contribution >= 0.6 is 27.5 Å². The molecular weight excluding hydrogens is 1440 g/mol. The van der Waals surface area contributed by atoms with Crippen LogP contribution in [0.4, 0.5) is 11.6 Å². The number of halogens is 2. The largest absolute Gasteiger partial charge is 0.494 e. The van der Waals surface area contributed by atoms with E-state index in [1.54, 1.807) is 27.7 Å². The average Bonchev–Trinajstić information content (AvgIpc) is 1.59. The third-order valence-corrected chi connectivity index (χ3v) is 27.6. The molecule has 3 aromatic carbocycles. The SMILES string of the molecule is Brc1ccc2c(c1)CCNC2.CC1(C)OB(B2OC(C)(C)C(C)(C)O2)OC1(C)C.CC1(C)OB(c2ccc3c(c2)CCNC3)OC1(C)C.C[C@@H]1COC[C@H]2COc3c(nc(-c4ccc5c(c4)CCNC5)nc3C(C)(C)S(C)(=O)=O)N21.C[C@@H]1COC[C@H]2COc3c(nc(Cl)nc3C(C)(C)S(C)(=O)=O)N21. The Morgan fingerprint density at radius 1 is 0.495 bits per heavy atom. The van der Waals surface area contributed by atoms with Gasteiger partial charge in [-0.25, -0.2) is 31.8 Å². The molecule has 5 aromatic rings. The second-order valence-electron chi connectivity index (χ2n) is 32.7. The van der Waals surface area contributed by atoms with E-state index in [1.807, 2.05) is 68.4 Å². The van der Waals surface area contributed by atoms with Crippen LogP contribution in [0.3, 0.4) is 0 Å². The lowest BCUT2D eigenvalue weighted by Crippen LogP contribution is -2.56. The molecule has 0 saturated carbocycles. The summed E-state index contributed by atoms with van der Waals surface area (Å²) in [5.74, 6) is 2.60. The van der Waals surface area contributed by atoms with Crippen LogP contribution in [0, 0.1) is 0 Å². The van der Waals surface area contributed by atoms with Crippen molar-refractivity contribution >= 4 is 85.4 Å². The zero-order valence-corrected chi connectivity index (χ0v) is 67.8. The molecule has 5 fully saturated rings. The van der Waals surface area contributed by atoms with Crippen molar-refractivity contribution in [3.63, 3.8) is 0 Å². The van der Waals surface area contributed by atoms with Gasteiger partial charge in [0.25, 0.3) is 0 Å². The summed E-state index contributed by atoms with van der Waals surface area (Å²) in [7, 11) is -8.08. The van der Waals surface area contributed by atoms with Crippen molar-refractivity contribution in [2.24, 2.45) is 0 Å². The van der Waals surface area contributed by atoms with Gasteiger partial charge >= 0.3 is 21.1 Å². The summed E-state index contributed by atoms with van der Waals surface area (Å²) in [6.07, 6.45) is 5.62. The molecule has 15 rings (SSSR count). The lowest BCUT2D eigenvalue weighted by molar-refractivity contribution is 0.00578. The first-order valence-corrected chi connectivity index (χ1v) is 41.0. The van der Waals surface area contributed by atoms with Crippen molar-refractivity contribution in [3.8, 4) is 22.9 Å². The van der Waals surface area contributed by atoms with Crippen LogP contribution in [-0.2, 0) is 105 Å². The van der Waals surface area contributed by atoms with E-state index in [4.69, 9.17) is 68.4 Å². The molecule has 0 unspecified atom stereocenters. The third-order valence-electron chi connectivity index (χ3n) is 22.9. The molecule has 103 heavy (non-hydrogen) atoms. The number of fused-ring (bicyclic) bond motifs is 9. The minimum absolute atomic E-state index is 0.0124. The first-order chi connectivity index (χ1) is 47.9. The smallest absolute Gasteiger partial charge is 0.486 e. The van der Waals surface area contributed by atoms with Crippen molar-refractivity contribution in [1.29, 1.82) is 0 Å². The number of anilines is 2. The molecule has 10 aliphatic rings. The number of rotatable bonds is 7. The van der Waals surface area contributed by atoms with Crippen molar-refractivity contribution < 1.29 is 63.7 Å². The highest BCUT2D eigenvalue weighted by atomic mass is 79.9. The number of benzene rings is 3. The Labute approximate surface area is 625 Å². The molecule has 10 aliphatic heterocycles. The predicted octanol–water partition coefficient (Wildman–Crippen LogP) is 9.43. The van der Waals surface area contributed by atoms with Crippen molar-refractivity contribution in [1.82, 2.24) is 35.9 Å². The monoisotopic (exact) mass is 1540 g/mol. The van der Waals surface area contributed by atoms with Crippen molar-refractivity contribution in [2.45, 2.75) is 231 Å². The van der Waals surface area contributed by atoms with E-state index in [0.717, 1.165) is 69.6 Å². The minimum Gasteiger partial charge on any atom is -0.486 e. The standard InChI is InChI=1S/C23H30N4O4S.C15H22BNO2.C14H20ClN3O4S.C12H24B2O4.C9H10BrN/c1-14-11-30-12-18-13-31-19-20(23(2,3)32(4,28)29)25-21(26-22(19)27(14)18)16-5-6-17-10-24-8-7-15(17)9-16;1-14(2)15(3,4)19-16(18-14)13-6-5-12-10-17-8-7-11(12)9-13;1-8-5-21-6-9-7-22-10-11(14(2,3)23(4,19)20)16-13(15)17-12(10)18(8)9;1-9(2)10(3,4)16-13(15-9)14-17-11(5,6)12(7,8)18-14;10-9-2-1-8-6-11-4-3-7(8)5-9/h5-6,9,14,18,24H,7-8,10-13H2,1-4H3;5-6,9,17H,7-8,10H2,1-4H3;8-9H,5-7H2,1-4H3;1-8H3;1-2,5,11H,3-4,6H2/t14-,18+;;8-,9+;;/m1.1../s1. The molecule has 12 heterocycles. The zero-order chi connectivity index (χ0) is 75.0. The Bertz CT molecular complexity index is 4110. The van der Waals surface area contributed by atoms with E-state index in [2.05, 4.69) is 135 Å². The number of nitrogens with one attached hydrogen (secondary N) is 3. The van der Waals surface area contributed by atoms with Crippen LogP contribution in [0.2, 0.25) is 5.28 Å². The molecule has 0 radical (unpaired) electrons. The number of morpholine rings is 2. The van der Waals surface area contributed by atoms with Gasteiger partial charge in [0, 0.05) is 42.2 Å². The molecule has 0 aliphatic carbocycles.